The van der Waals surface area contributed by atoms with Crippen molar-refractivity contribution in [1.82, 2.24) is 0 Å². The predicted molar refractivity (Wildman–Crippen MR) is 62.3 cm³/mol. The lowest BCUT2D eigenvalue weighted by atomic mass is 9.78. The predicted octanol–water partition coefficient (Wildman–Crippen LogP) is 3.69. The van der Waals surface area contributed by atoms with Gasteiger partial charge in [0.05, 0.1) is 5.60 Å². The number of hydrogen-bond donors (Lipinski definition) is 1. The molecule has 0 aromatic carbocycles. The van der Waals surface area contributed by atoms with E-state index in [1.54, 1.807) is 0 Å². The molecule has 0 saturated heterocycles. The Morgan fingerprint density at radius 3 is 2.00 bits per heavy atom. The Kier molecular flexibility index (Phi) is 4.64. The summed E-state index contributed by atoms with van der Waals surface area (Å²) in [6.07, 6.45) is 4.17. The summed E-state index contributed by atoms with van der Waals surface area (Å²) in [5.74, 6) is 0. The molecular weight excluding hydrogens is 172 g/mol. The van der Waals surface area contributed by atoms with E-state index >= 15 is 0 Å². The fraction of sp³-hybridized carbons (Fsp3) is 0.769. The molecule has 0 saturated carbocycles. The fourth-order valence-corrected chi connectivity index (χ4v) is 1.63. The molecule has 0 radical (unpaired) electrons. The van der Waals surface area contributed by atoms with Crippen LogP contribution in [0.4, 0.5) is 0 Å². The minimum Gasteiger partial charge on any atom is -0.385 e. The Balaban J connectivity index is 5.04. The van der Waals surface area contributed by atoms with Gasteiger partial charge < -0.3 is 5.11 Å². The third-order valence-corrected chi connectivity index (χ3v) is 2.04. The molecule has 0 bridgehead atoms. The van der Waals surface area contributed by atoms with Gasteiger partial charge in [-0.05, 0) is 31.8 Å². The van der Waals surface area contributed by atoms with Gasteiger partial charge in [0.2, 0.25) is 0 Å². The maximum atomic E-state index is 9.99. The summed E-state index contributed by atoms with van der Waals surface area (Å²) < 4.78 is 0. The average Bonchev–Trinajstić information content (AvgIpc) is 1.92. The lowest BCUT2D eigenvalue weighted by molar-refractivity contribution is 0.0984. The molecule has 0 amide bonds. The minimum absolute atomic E-state index is 0.0253. The first kappa shape index (κ1) is 13.5. The van der Waals surface area contributed by atoms with Gasteiger partial charge >= 0.3 is 0 Å². The van der Waals surface area contributed by atoms with Crippen molar-refractivity contribution >= 4 is 0 Å². The molecule has 14 heavy (non-hydrogen) atoms. The number of hydrogen-bond acceptors (Lipinski definition) is 1. The first-order valence-corrected chi connectivity index (χ1v) is 5.38. The van der Waals surface area contributed by atoms with Crippen molar-refractivity contribution in [2.45, 2.75) is 60.0 Å². The molecule has 0 aliphatic heterocycles. The molecule has 0 aromatic rings. The highest BCUT2D eigenvalue weighted by atomic mass is 16.3. The van der Waals surface area contributed by atoms with Crippen LogP contribution in [-0.4, -0.2) is 10.7 Å². The highest BCUT2D eigenvalue weighted by Crippen LogP contribution is 2.32. The van der Waals surface area contributed by atoms with Gasteiger partial charge in [-0.2, -0.15) is 0 Å². The fourth-order valence-electron chi connectivity index (χ4n) is 1.63. The van der Waals surface area contributed by atoms with Crippen molar-refractivity contribution in [2.24, 2.45) is 5.41 Å². The second-order valence-electron chi connectivity index (χ2n) is 5.32. The molecule has 0 rings (SSSR count). The second kappa shape index (κ2) is 4.82. The van der Waals surface area contributed by atoms with E-state index in [1.165, 1.54) is 0 Å². The molecule has 0 aliphatic carbocycles. The van der Waals surface area contributed by atoms with Gasteiger partial charge in [-0.25, -0.2) is 0 Å². The van der Waals surface area contributed by atoms with Crippen LogP contribution in [0.15, 0.2) is 17.4 Å². The molecular formula is C13H24O. The average molecular weight is 196 g/mol. The van der Waals surface area contributed by atoms with Crippen LogP contribution in [0.1, 0.15) is 54.4 Å². The molecule has 1 N–H and O–H groups in total. The highest BCUT2D eigenvalue weighted by Gasteiger charge is 2.29. The maximum absolute atomic E-state index is 9.99. The van der Waals surface area contributed by atoms with Crippen LogP contribution in [0.25, 0.3) is 0 Å². The number of rotatable bonds is 3. The van der Waals surface area contributed by atoms with E-state index in [-0.39, 0.29) is 5.41 Å². The molecule has 0 heterocycles. The smallest absolute Gasteiger partial charge is 0.0879 e. The number of aliphatic hydroxyl groups is 1. The summed E-state index contributed by atoms with van der Waals surface area (Å²) in [4.78, 5) is 0. The maximum Gasteiger partial charge on any atom is 0.0879 e. The third-order valence-electron chi connectivity index (χ3n) is 2.04. The quantitative estimate of drug-likeness (QED) is 0.683. The van der Waals surface area contributed by atoms with Gasteiger partial charge in [-0.15, -0.1) is 5.73 Å². The summed E-state index contributed by atoms with van der Waals surface area (Å²) in [7, 11) is 0. The van der Waals surface area contributed by atoms with Crippen molar-refractivity contribution < 1.29 is 5.11 Å². The van der Waals surface area contributed by atoms with E-state index in [1.807, 2.05) is 19.9 Å². The lowest BCUT2D eigenvalue weighted by Gasteiger charge is -2.30. The van der Waals surface area contributed by atoms with Crippen LogP contribution < -0.4 is 0 Å². The van der Waals surface area contributed by atoms with Gasteiger partial charge in [0.15, 0.2) is 0 Å². The standard InChI is InChI=1S/C13H24O/c1-7-8-9-10-11(12(2,3)4)13(5,6)14/h9,14H,7-8H2,1-6H3. The van der Waals surface area contributed by atoms with Crippen molar-refractivity contribution in [2.75, 3.05) is 0 Å². The van der Waals surface area contributed by atoms with Crippen molar-refractivity contribution in [1.29, 1.82) is 0 Å². The zero-order valence-electron chi connectivity index (χ0n) is 10.4. The summed E-state index contributed by atoms with van der Waals surface area (Å²) in [6.45, 7) is 12.1. The van der Waals surface area contributed by atoms with Crippen molar-refractivity contribution in [3.8, 4) is 0 Å². The molecule has 1 heteroatoms. The Morgan fingerprint density at radius 1 is 1.21 bits per heavy atom. The monoisotopic (exact) mass is 196 g/mol. The van der Waals surface area contributed by atoms with Gasteiger partial charge in [-0.1, -0.05) is 34.1 Å². The molecule has 1 nitrogen and oxygen atoms in total. The Hall–Kier alpha value is -0.520. The molecule has 0 fully saturated rings. The summed E-state index contributed by atoms with van der Waals surface area (Å²) in [6, 6.07) is 0. The van der Waals surface area contributed by atoms with Gasteiger partial charge in [0.25, 0.3) is 0 Å². The molecule has 0 aromatic heterocycles. The number of unbranched alkanes of at least 4 members (excludes halogenated alkanes) is 1. The van der Waals surface area contributed by atoms with Gasteiger partial charge in [0.1, 0.15) is 0 Å². The van der Waals surface area contributed by atoms with Crippen LogP contribution in [0.5, 0.6) is 0 Å². The Morgan fingerprint density at radius 2 is 1.71 bits per heavy atom. The normalized spacial score (nSPS) is 12.2. The second-order valence-corrected chi connectivity index (χ2v) is 5.32. The lowest BCUT2D eigenvalue weighted by Crippen LogP contribution is -2.30. The molecule has 0 spiro atoms. The highest BCUT2D eigenvalue weighted by molar-refractivity contribution is 5.19. The van der Waals surface area contributed by atoms with Gasteiger partial charge in [0, 0.05) is 5.57 Å². The summed E-state index contributed by atoms with van der Waals surface area (Å²) in [5.41, 5.74) is 3.41. The zero-order valence-corrected chi connectivity index (χ0v) is 10.4. The van der Waals surface area contributed by atoms with E-state index in [2.05, 4.69) is 33.4 Å². The largest absolute Gasteiger partial charge is 0.385 e. The molecule has 82 valence electrons. The summed E-state index contributed by atoms with van der Waals surface area (Å²) in [5, 5.41) is 9.99. The van der Waals surface area contributed by atoms with Crippen LogP contribution in [-0.2, 0) is 0 Å². The third kappa shape index (κ3) is 4.64. The Bertz CT molecular complexity index is 213. The van der Waals surface area contributed by atoms with Crippen LogP contribution in [0, 0.1) is 5.41 Å². The van der Waals surface area contributed by atoms with E-state index in [9.17, 15) is 5.11 Å². The van der Waals surface area contributed by atoms with Crippen LogP contribution in [0.3, 0.4) is 0 Å². The summed E-state index contributed by atoms with van der Waals surface area (Å²) >= 11 is 0. The van der Waals surface area contributed by atoms with Crippen molar-refractivity contribution in [3.63, 3.8) is 0 Å². The van der Waals surface area contributed by atoms with Gasteiger partial charge in [-0.3, -0.25) is 0 Å². The first-order chi connectivity index (χ1) is 6.19. The first-order valence-electron chi connectivity index (χ1n) is 5.38. The van der Waals surface area contributed by atoms with Crippen LogP contribution in [0.2, 0.25) is 0 Å². The zero-order chi connectivity index (χ0) is 11.4. The van der Waals surface area contributed by atoms with E-state index in [0.29, 0.717) is 0 Å². The molecule has 0 aliphatic rings. The molecule has 0 unspecified atom stereocenters. The molecule has 0 atom stereocenters. The van der Waals surface area contributed by atoms with Crippen molar-refractivity contribution in [3.05, 3.63) is 17.4 Å². The SMILES string of the molecule is CCCC=C=C(C(C)(C)C)C(C)(C)O. The van der Waals surface area contributed by atoms with E-state index in [0.717, 1.165) is 18.4 Å². The minimum atomic E-state index is -0.775. The van der Waals surface area contributed by atoms with E-state index in [4.69, 9.17) is 0 Å². The topological polar surface area (TPSA) is 20.2 Å². The Labute approximate surface area is 88.5 Å². The van der Waals surface area contributed by atoms with Crippen LogP contribution >= 0.6 is 0 Å². The van der Waals surface area contributed by atoms with E-state index < -0.39 is 5.60 Å².